The molecule has 0 radical (unpaired) electrons. The third kappa shape index (κ3) is 2.99. The van der Waals surface area contributed by atoms with Gasteiger partial charge in [-0.15, -0.1) is 11.3 Å². The molecule has 0 saturated carbocycles. The number of hydrogen-bond acceptors (Lipinski definition) is 4. The number of halogens is 1. The smallest absolute Gasteiger partial charge is 0.320 e. The van der Waals surface area contributed by atoms with Crippen LogP contribution in [0.3, 0.4) is 0 Å². The lowest BCUT2D eigenvalue weighted by molar-refractivity contribution is 0.254. The van der Waals surface area contributed by atoms with Gasteiger partial charge in [0.2, 0.25) is 0 Å². The normalized spacial score (nSPS) is 10.6. The second-order valence-electron chi connectivity index (χ2n) is 4.10. The summed E-state index contributed by atoms with van der Waals surface area (Å²) in [6, 6.07) is 1.32. The number of nitrogens with zero attached hydrogens (tertiary/aromatic N) is 3. The maximum atomic E-state index is 11.4. The van der Waals surface area contributed by atoms with E-state index >= 15 is 0 Å². The minimum absolute atomic E-state index is 0.474. The Morgan fingerprint density at radius 3 is 2.80 bits per heavy atom. The van der Waals surface area contributed by atoms with Crippen LogP contribution in [0.4, 0.5) is 10.6 Å². The Labute approximate surface area is 130 Å². The molecule has 2 aromatic heterocycles. The fraction of sp³-hybridized carbons (Fsp3) is 0.308. The average molecular weight is 355 g/mol. The molecule has 0 aliphatic rings. The van der Waals surface area contributed by atoms with E-state index < -0.39 is 6.03 Å². The molecule has 2 rings (SSSR count). The van der Waals surface area contributed by atoms with Gasteiger partial charge in [0.15, 0.2) is 0 Å². The summed E-state index contributed by atoms with van der Waals surface area (Å²) in [5, 5.41) is 2.94. The van der Waals surface area contributed by atoms with Crippen molar-refractivity contribution in [2.45, 2.75) is 20.3 Å². The summed E-state index contributed by atoms with van der Waals surface area (Å²) in [5.41, 5.74) is 7.32. The number of aromatic nitrogens is 2. The van der Waals surface area contributed by atoms with E-state index in [0.29, 0.717) is 12.4 Å². The van der Waals surface area contributed by atoms with Crippen LogP contribution >= 0.6 is 27.3 Å². The molecule has 2 heterocycles. The lowest BCUT2D eigenvalue weighted by Gasteiger charge is -2.17. The van der Waals surface area contributed by atoms with E-state index in [1.807, 2.05) is 18.4 Å². The molecule has 20 heavy (non-hydrogen) atoms. The molecule has 7 heteroatoms. The Hall–Kier alpha value is -1.47. The largest absolute Gasteiger partial charge is 0.351 e. The summed E-state index contributed by atoms with van der Waals surface area (Å²) < 4.78 is 0.846. The van der Waals surface area contributed by atoms with Gasteiger partial charge in [0.05, 0.1) is 5.69 Å². The summed E-state index contributed by atoms with van der Waals surface area (Å²) in [5.74, 6) is 0.534. The van der Waals surface area contributed by atoms with Crippen molar-refractivity contribution in [3.05, 3.63) is 27.8 Å². The van der Waals surface area contributed by atoms with Crippen LogP contribution in [-0.2, 0) is 6.42 Å². The lowest BCUT2D eigenvalue weighted by Crippen LogP contribution is -2.36. The molecule has 0 aliphatic heterocycles. The summed E-state index contributed by atoms with van der Waals surface area (Å²) in [6.45, 7) is 4.39. The maximum absolute atomic E-state index is 11.4. The van der Waals surface area contributed by atoms with Crippen LogP contribution in [0.1, 0.15) is 19.5 Å². The van der Waals surface area contributed by atoms with Gasteiger partial charge in [-0.05, 0) is 35.3 Å². The highest BCUT2D eigenvalue weighted by atomic mass is 79.9. The summed E-state index contributed by atoms with van der Waals surface area (Å²) in [7, 11) is 0. The Balaban J connectivity index is 2.45. The summed E-state index contributed by atoms with van der Waals surface area (Å²) in [4.78, 5) is 21.6. The lowest BCUT2D eigenvalue weighted by atomic mass is 10.2. The molecule has 0 atom stereocenters. The molecule has 2 aromatic rings. The maximum Gasteiger partial charge on any atom is 0.320 e. The SMILES string of the molecule is CCc1csc(-c2cc(N(CC)C(N)=O)ncc2Br)n1. The molecule has 2 N–H and O–H groups in total. The molecule has 0 aromatic carbocycles. The van der Waals surface area contributed by atoms with Gasteiger partial charge in [-0.1, -0.05) is 6.92 Å². The van der Waals surface area contributed by atoms with Crippen LogP contribution in [0.2, 0.25) is 0 Å². The molecular weight excluding hydrogens is 340 g/mol. The van der Waals surface area contributed by atoms with Crippen LogP contribution in [0, 0.1) is 0 Å². The molecule has 0 unspecified atom stereocenters. The molecule has 0 fully saturated rings. The van der Waals surface area contributed by atoms with Gasteiger partial charge in [0.25, 0.3) is 0 Å². The van der Waals surface area contributed by atoms with E-state index in [4.69, 9.17) is 5.73 Å². The van der Waals surface area contributed by atoms with Crippen molar-refractivity contribution in [1.82, 2.24) is 9.97 Å². The van der Waals surface area contributed by atoms with Crippen molar-refractivity contribution in [2.24, 2.45) is 5.73 Å². The van der Waals surface area contributed by atoms with Gasteiger partial charge in [0.1, 0.15) is 10.8 Å². The molecule has 0 bridgehead atoms. The molecule has 106 valence electrons. The van der Waals surface area contributed by atoms with Gasteiger partial charge in [-0.25, -0.2) is 14.8 Å². The van der Waals surface area contributed by atoms with Crippen molar-refractivity contribution < 1.29 is 4.79 Å². The van der Waals surface area contributed by atoms with Gasteiger partial charge in [0, 0.05) is 28.2 Å². The number of anilines is 1. The predicted octanol–water partition coefficient (Wildman–Crippen LogP) is 3.44. The zero-order chi connectivity index (χ0) is 14.7. The van der Waals surface area contributed by atoms with E-state index in [-0.39, 0.29) is 0 Å². The van der Waals surface area contributed by atoms with E-state index in [1.165, 1.54) is 4.90 Å². The Bertz CT molecular complexity index is 629. The third-order valence-corrected chi connectivity index (χ3v) is 4.40. The molecule has 0 saturated heterocycles. The Morgan fingerprint density at radius 2 is 2.25 bits per heavy atom. The molecule has 2 amide bonds. The van der Waals surface area contributed by atoms with E-state index in [0.717, 1.165) is 27.2 Å². The second-order valence-corrected chi connectivity index (χ2v) is 5.81. The first-order chi connectivity index (χ1) is 9.56. The number of nitrogens with two attached hydrogens (primary N) is 1. The van der Waals surface area contributed by atoms with Gasteiger partial charge in [-0.3, -0.25) is 4.90 Å². The second kappa shape index (κ2) is 6.32. The summed E-state index contributed by atoms with van der Waals surface area (Å²) in [6.07, 6.45) is 2.57. The number of rotatable bonds is 4. The van der Waals surface area contributed by atoms with Gasteiger partial charge >= 0.3 is 6.03 Å². The monoisotopic (exact) mass is 354 g/mol. The zero-order valence-corrected chi connectivity index (χ0v) is 13.7. The van der Waals surface area contributed by atoms with Crippen molar-refractivity contribution in [2.75, 3.05) is 11.4 Å². The van der Waals surface area contributed by atoms with Crippen molar-refractivity contribution >= 4 is 39.1 Å². The average Bonchev–Trinajstić information content (AvgIpc) is 2.89. The molecular formula is C13H15BrN4OS. The van der Waals surface area contributed by atoms with E-state index in [2.05, 4.69) is 32.8 Å². The number of urea groups is 1. The van der Waals surface area contributed by atoms with Crippen molar-refractivity contribution in [3.63, 3.8) is 0 Å². The Morgan fingerprint density at radius 1 is 1.50 bits per heavy atom. The number of amides is 2. The number of carbonyl (C=O) groups excluding carboxylic acids is 1. The van der Waals surface area contributed by atoms with Crippen LogP contribution in [0.25, 0.3) is 10.6 Å². The van der Waals surface area contributed by atoms with Gasteiger partial charge < -0.3 is 5.73 Å². The first-order valence-electron chi connectivity index (χ1n) is 6.24. The zero-order valence-electron chi connectivity index (χ0n) is 11.3. The predicted molar refractivity (Wildman–Crippen MR) is 85.0 cm³/mol. The number of hydrogen-bond donors (Lipinski definition) is 1. The van der Waals surface area contributed by atoms with Crippen LogP contribution < -0.4 is 10.6 Å². The fourth-order valence-corrected chi connectivity index (χ4v) is 3.23. The van der Waals surface area contributed by atoms with E-state index in [9.17, 15) is 4.79 Å². The molecule has 0 spiro atoms. The number of aryl methyl sites for hydroxylation is 1. The number of pyridine rings is 1. The highest BCUT2D eigenvalue weighted by Gasteiger charge is 2.15. The standard InChI is InChI=1S/C13H15BrN4OS/c1-3-8-7-20-12(17-8)9-5-11(16-6-10(9)14)18(4-2)13(15)19/h5-7H,3-4H2,1-2H3,(H2,15,19). The topological polar surface area (TPSA) is 72.1 Å². The minimum atomic E-state index is -0.512. The van der Waals surface area contributed by atoms with Crippen molar-refractivity contribution in [1.29, 1.82) is 0 Å². The van der Waals surface area contributed by atoms with Crippen LogP contribution in [-0.4, -0.2) is 22.5 Å². The van der Waals surface area contributed by atoms with E-state index in [1.54, 1.807) is 17.5 Å². The first kappa shape index (κ1) is 14.9. The Kier molecular flexibility index (Phi) is 4.72. The first-order valence-corrected chi connectivity index (χ1v) is 7.91. The summed E-state index contributed by atoms with van der Waals surface area (Å²) >= 11 is 5.05. The molecule has 5 nitrogen and oxygen atoms in total. The van der Waals surface area contributed by atoms with Crippen molar-refractivity contribution in [3.8, 4) is 10.6 Å². The number of thiazole rings is 1. The van der Waals surface area contributed by atoms with Crippen LogP contribution in [0.15, 0.2) is 22.1 Å². The number of carbonyl (C=O) groups is 1. The highest BCUT2D eigenvalue weighted by molar-refractivity contribution is 9.10. The molecule has 0 aliphatic carbocycles. The minimum Gasteiger partial charge on any atom is -0.351 e. The quantitative estimate of drug-likeness (QED) is 0.913. The fourth-order valence-electron chi connectivity index (χ4n) is 1.76. The third-order valence-electron chi connectivity index (χ3n) is 2.84. The van der Waals surface area contributed by atoms with Gasteiger partial charge in [-0.2, -0.15) is 0 Å². The highest BCUT2D eigenvalue weighted by Crippen LogP contribution is 2.32. The van der Waals surface area contributed by atoms with Crippen LogP contribution in [0.5, 0.6) is 0 Å². The number of primary amides is 1.